The molecule has 0 aliphatic carbocycles. The lowest BCUT2D eigenvalue weighted by atomic mass is 10.3. The van der Waals surface area contributed by atoms with Crippen LogP contribution in [0.5, 0.6) is 0 Å². The zero-order chi connectivity index (χ0) is 10.1. The van der Waals surface area contributed by atoms with Crippen LogP contribution in [0.15, 0.2) is 30.9 Å². The lowest BCUT2D eigenvalue weighted by Gasteiger charge is -2.01. The number of rotatable bonds is 2. The monoisotopic (exact) mass is 206 g/mol. The average Bonchev–Trinajstić information content (AvgIpc) is 2.43. The number of halogens is 1. The van der Waals surface area contributed by atoms with Crippen LogP contribution in [0.2, 0.25) is 5.02 Å². The lowest BCUT2D eigenvalue weighted by molar-refractivity contribution is 0.808. The van der Waals surface area contributed by atoms with Gasteiger partial charge in [0.05, 0.1) is 11.0 Å². The average molecular weight is 207 g/mol. The summed E-state index contributed by atoms with van der Waals surface area (Å²) in [6.45, 7) is 6.49. The zero-order valence-electron chi connectivity index (χ0n) is 8.00. The van der Waals surface area contributed by atoms with Gasteiger partial charge in [0.15, 0.2) is 0 Å². The predicted molar refractivity (Wildman–Crippen MR) is 59.7 cm³/mol. The predicted octanol–water partition coefficient (Wildman–Crippen LogP) is 3.18. The van der Waals surface area contributed by atoms with E-state index in [4.69, 9.17) is 11.6 Å². The quantitative estimate of drug-likeness (QED) is 0.691. The molecule has 0 fully saturated rings. The molecule has 0 bridgehead atoms. The molecule has 2 aromatic rings. The number of imidazole rings is 1. The summed E-state index contributed by atoms with van der Waals surface area (Å²) in [4.78, 5) is 4.42. The molecular formula is C11H11ClN2. The summed E-state index contributed by atoms with van der Waals surface area (Å²) in [5.41, 5.74) is 2.05. The Labute approximate surface area is 87.8 Å². The normalized spacial score (nSPS) is 10.7. The Balaban J connectivity index is 2.70. The van der Waals surface area contributed by atoms with Gasteiger partial charge in [-0.15, -0.1) is 6.58 Å². The Morgan fingerprint density at radius 2 is 2.36 bits per heavy atom. The van der Waals surface area contributed by atoms with Gasteiger partial charge in [-0.05, 0) is 25.1 Å². The Morgan fingerprint density at radius 3 is 3.07 bits per heavy atom. The largest absolute Gasteiger partial charge is 0.324 e. The van der Waals surface area contributed by atoms with E-state index in [1.165, 1.54) is 0 Å². The number of nitrogens with zero attached hydrogens (tertiary/aromatic N) is 2. The third kappa shape index (κ3) is 1.42. The molecule has 1 aromatic carbocycles. The van der Waals surface area contributed by atoms with Crippen molar-refractivity contribution in [2.24, 2.45) is 0 Å². The van der Waals surface area contributed by atoms with Gasteiger partial charge in [-0.1, -0.05) is 17.7 Å². The Kier molecular flexibility index (Phi) is 2.30. The molecule has 0 saturated heterocycles. The third-order valence-corrected chi connectivity index (χ3v) is 2.45. The third-order valence-electron chi connectivity index (χ3n) is 2.21. The van der Waals surface area contributed by atoms with Crippen molar-refractivity contribution < 1.29 is 0 Å². The summed E-state index contributed by atoms with van der Waals surface area (Å²) < 4.78 is 2.11. The van der Waals surface area contributed by atoms with Gasteiger partial charge in [-0.3, -0.25) is 0 Å². The maximum absolute atomic E-state index is 5.89. The smallest absolute Gasteiger partial charge is 0.107 e. The van der Waals surface area contributed by atoms with E-state index in [9.17, 15) is 0 Å². The molecule has 0 radical (unpaired) electrons. The maximum atomic E-state index is 5.89. The summed E-state index contributed by atoms with van der Waals surface area (Å²) in [7, 11) is 0. The first kappa shape index (κ1) is 9.28. The first-order chi connectivity index (χ1) is 6.72. The van der Waals surface area contributed by atoms with E-state index < -0.39 is 0 Å². The van der Waals surface area contributed by atoms with Gasteiger partial charge < -0.3 is 4.57 Å². The van der Waals surface area contributed by atoms with E-state index in [0.717, 1.165) is 28.4 Å². The van der Waals surface area contributed by atoms with Crippen molar-refractivity contribution in [2.45, 2.75) is 13.5 Å². The number of hydrogen-bond acceptors (Lipinski definition) is 1. The van der Waals surface area contributed by atoms with E-state index in [1.807, 2.05) is 31.2 Å². The molecule has 0 amide bonds. The molecule has 72 valence electrons. The van der Waals surface area contributed by atoms with Crippen LogP contribution in [0.1, 0.15) is 5.82 Å². The van der Waals surface area contributed by atoms with E-state index in [-0.39, 0.29) is 0 Å². The van der Waals surface area contributed by atoms with Crippen LogP contribution in [0.4, 0.5) is 0 Å². The van der Waals surface area contributed by atoms with Gasteiger partial charge in [0.25, 0.3) is 0 Å². The molecule has 3 heteroatoms. The number of hydrogen-bond donors (Lipinski definition) is 0. The summed E-state index contributed by atoms with van der Waals surface area (Å²) >= 11 is 5.89. The number of allylic oxidation sites excluding steroid dienone is 1. The molecule has 0 aliphatic heterocycles. The van der Waals surface area contributed by atoms with Crippen molar-refractivity contribution in [3.05, 3.63) is 41.7 Å². The Hall–Kier alpha value is -1.28. The molecular weight excluding hydrogens is 196 g/mol. The second kappa shape index (κ2) is 3.46. The lowest BCUT2D eigenvalue weighted by Crippen LogP contribution is -1.96. The van der Waals surface area contributed by atoms with Crippen molar-refractivity contribution in [3.8, 4) is 0 Å². The highest BCUT2D eigenvalue weighted by molar-refractivity contribution is 6.31. The van der Waals surface area contributed by atoms with Gasteiger partial charge in [0.2, 0.25) is 0 Å². The van der Waals surface area contributed by atoms with E-state index in [0.29, 0.717) is 0 Å². The number of aryl methyl sites for hydroxylation is 1. The van der Waals surface area contributed by atoms with E-state index in [2.05, 4.69) is 16.1 Å². The van der Waals surface area contributed by atoms with Crippen molar-refractivity contribution in [1.29, 1.82) is 0 Å². The van der Waals surface area contributed by atoms with Gasteiger partial charge in [0, 0.05) is 11.6 Å². The Bertz CT molecular complexity index is 485. The first-order valence-corrected chi connectivity index (χ1v) is 4.83. The first-order valence-electron chi connectivity index (χ1n) is 4.45. The van der Waals surface area contributed by atoms with Crippen LogP contribution >= 0.6 is 11.6 Å². The molecule has 14 heavy (non-hydrogen) atoms. The molecule has 0 aliphatic rings. The minimum absolute atomic E-state index is 0.723. The fraction of sp³-hybridized carbons (Fsp3) is 0.182. The van der Waals surface area contributed by atoms with Crippen LogP contribution in [0, 0.1) is 6.92 Å². The molecule has 1 heterocycles. The highest BCUT2D eigenvalue weighted by atomic mass is 35.5. The van der Waals surface area contributed by atoms with E-state index in [1.54, 1.807) is 0 Å². The van der Waals surface area contributed by atoms with Crippen molar-refractivity contribution in [3.63, 3.8) is 0 Å². The topological polar surface area (TPSA) is 17.8 Å². The number of benzene rings is 1. The number of fused-ring (bicyclic) bond motifs is 1. The van der Waals surface area contributed by atoms with Crippen LogP contribution < -0.4 is 0 Å². The summed E-state index contributed by atoms with van der Waals surface area (Å²) in [6.07, 6.45) is 1.86. The summed E-state index contributed by atoms with van der Waals surface area (Å²) in [5, 5.41) is 0.723. The fourth-order valence-corrected chi connectivity index (χ4v) is 1.75. The second-order valence-corrected chi connectivity index (χ2v) is 3.63. The van der Waals surface area contributed by atoms with Gasteiger partial charge in [-0.2, -0.15) is 0 Å². The van der Waals surface area contributed by atoms with Gasteiger partial charge >= 0.3 is 0 Å². The van der Waals surface area contributed by atoms with Gasteiger partial charge in [0.1, 0.15) is 5.82 Å². The van der Waals surface area contributed by atoms with Crippen LogP contribution in [-0.2, 0) is 6.54 Å². The summed E-state index contributed by atoms with van der Waals surface area (Å²) in [6, 6.07) is 5.75. The molecule has 0 saturated carbocycles. The fourth-order valence-electron chi connectivity index (χ4n) is 1.58. The molecule has 0 spiro atoms. The van der Waals surface area contributed by atoms with E-state index >= 15 is 0 Å². The highest BCUT2D eigenvalue weighted by Crippen LogP contribution is 2.20. The molecule has 2 nitrogen and oxygen atoms in total. The minimum Gasteiger partial charge on any atom is -0.324 e. The molecule has 2 rings (SSSR count). The minimum atomic E-state index is 0.723. The standard InChI is InChI=1S/C11H11ClN2/c1-3-6-14-8(2)13-10-7-9(12)4-5-11(10)14/h3-5,7H,1,6H2,2H3. The summed E-state index contributed by atoms with van der Waals surface area (Å²) in [5.74, 6) is 0.988. The number of aromatic nitrogens is 2. The molecule has 1 aromatic heterocycles. The van der Waals surface area contributed by atoms with Crippen LogP contribution in [0.3, 0.4) is 0 Å². The molecule has 0 unspecified atom stereocenters. The second-order valence-electron chi connectivity index (χ2n) is 3.19. The molecule has 0 N–H and O–H groups in total. The Morgan fingerprint density at radius 1 is 1.57 bits per heavy atom. The highest BCUT2D eigenvalue weighted by Gasteiger charge is 2.05. The van der Waals surface area contributed by atoms with Crippen LogP contribution in [0.25, 0.3) is 11.0 Å². The maximum Gasteiger partial charge on any atom is 0.107 e. The van der Waals surface area contributed by atoms with Gasteiger partial charge in [-0.25, -0.2) is 4.98 Å². The van der Waals surface area contributed by atoms with Crippen molar-refractivity contribution >= 4 is 22.6 Å². The zero-order valence-corrected chi connectivity index (χ0v) is 8.75. The SMILES string of the molecule is C=CCn1c(C)nc2cc(Cl)ccc21. The van der Waals surface area contributed by atoms with Crippen molar-refractivity contribution in [1.82, 2.24) is 9.55 Å². The molecule has 0 atom stereocenters. The van der Waals surface area contributed by atoms with Crippen LogP contribution in [-0.4, -0.2) is 9.55 Å². The van der Waals surface area contributed by atoms with Crippen molar-refractivity contribution in [2.75, 3.05) is 0 Å².